The van der Waals surface area contributed by atoms with Crippen LogP contribution in [0.15, 0.2) is 36.4 Å². The molecule has 0 aromatic heterocycles. The molecule has 0 bridgehead atoms. The molecule has 0 aliphatic heterocycles. The number of carbonyl (C=O) groups excluding carboxylic acids is 2. The fourth-order valence-electron chi connectivity index (χ4n) is 2.27. The van der Waals surface area contributed by atoms with Gasteiger partial charge in [0.25, 0.3) is 11.6 Å². The van der Waals surface area contributed by atoms with E-state index < -0.39 is 23.4 Å². The van der Waals surface area contributed by atoms with E-state index in [1.165, 1.54) is 12.1 Å². The summed E-state index contributed by atoms with van der Waals surface area (Å²) in [6.07, 6.45) is 0. The van der Waals surface area contributed by atoms with Crippen molar-refractivity contribution in [2.45, 2.75) is 13.8 Å². The quantitative estimate of drug-likeness (QED) is 0.439. The number of hydrogen-bond acceptors (Lipinski definition) is 6. The normalized spacial score (nSPS) is 10.2. The van der Waals surface area contributed by atoms with Crippen LogP contribution in [0.1, 0.15) is 11.1 Å². The number of esters is 1. The molecule has 1 N–H and O–H groups in total. The second-order valence-electron chi connectivity index (χ2n) is 5.64. The van der Waals surface area contributed by atoms with Gasteiger partial charge >= 0.3 is 5.97 Å². The molecule has 142 valence electrons. The molecule has 2 aromatic carbocycles. The van der Waals surface area contributed by atoms with E-state index in [-0.39, 0.29) is 23.0 Å². The Kier molecular flexibility index (Phi) is 6.73. The SMILES string of the molecule is Cc1cccc(C)c1OCC(=O)OCC(=O)Nc1ccc(Cl)c([N+](=O)[O-])c1. The topological polar surface area (TPSA) is 108 Å². The first kappa shape index (κ1) is 20.2. The number of halogens is 1. The van der Waals surface area contributed by atoms with Gasteiger partial charge in [-0.25, -0.2) is 4.79 Å². The van der Waals surface area contributed by atoms with Crippen LogP contribution in [0.5, 0.6) is 5.75 Å². The van der Waals surface area contributed by atoms with E-state index in [0.29, 0.717) is 5.75 Å². The fourth-order valence-corrected chi connectivity index (χ4v) is 2.46. The van der Waals surface area contributed by atoms with Gasteiger partial charge in [-0.3, -0.25) is 14.9 Å². The van der Waals surface area contributed by atoms with Crippen LogP contribution in [-0.4, -0.2) is 30.0 Å². The average molecular weight is 393 g/mol. The van der Waals surface area contributed by atoms with Crippen molar-refractivity contribution in [1.29, 1.82) is 0 Å². The van der Waals surface area contributed by atoms with E-state index in [4.69, 9.17) is 21.1 Å². The van der Waals surface area contributed by atoms with Crippen LogP contribution in [0.3, 0.4) is 0 Å². The Balaban J connectivity index is 1.84. The molecule has 0 aliphatic carbocycles. The van der Waals surface area contributed by atoms with Gasteiger partial charge in [-0.15, -0.1) is 0 Å². The molecule has 0 radical (unpaired) electrons. The Bertz CT molecular complexity index is 864. The van der Waals surface area contributed by atoms with E-state index in [1.807, 2.05) is 32.0 Å². The summed E-state index contributed by atoms with van der Waals surface area (Å²) in [6.45, 7) is 2.82. The largest absolute Gasteiger partial charge is 0.481 e. The maximum absolute atomic E-state index is 11.8. The predicted octanol–water partition coefficient (Wildman–Crippen LogP) is 3.43. The summed E-state index contributed by atoms with van der Waals surface area (Å²) in [5.41, 5.74) is 1.59. The summed E-state index contributed by atoms with van der Waals surface area (Å²) >= 11 is 5.70. The molecular weight excluding hydrogens is 376 g/mol. The summed E-state index contributed by atoms with van der Waals surface area (Å²) in [6, 6.07) is 9.39. The second-order valence-corrected chi connectivity index (χ2v) is 6.05. The first-order valence-corrected chi connectivity index (χ1v) is 8.24. The van der Waals surface area contributed by atoms with E-state index in [1.54, 1.807) is 0 Å². The third-order valence-corrected chi connectivity index (χ3v) is 3.85. The van der Waals surface area contributed by atoms with Crippen molar-refractivity contribution in [3.8, 4) is 5.75 Å². The summed E-state index contributed by atoms with van der Waals surface area (Å²) in [4.78, 5) is 33.8. The van der Waals surface area contributed by atoms with Gasteiger partial charge < -0.3 is 14.8 Å². The third-order valence-electron chi connectivity index (χ3n) is 3.53. The van der Waals surface area contributed by atoms with E-state index in [0.717, 1.165) is 17.2 Å². The Labute approximate surface area is 160 Å². The molecule has 0 aliphatic rings. The lowest BCUT2D eigenvalue weighted by atomic mass is 10.1. The van der Waals surface area contributed by atoms with Crippen molar-refractivity contribution >= 4 is 34.9 Å². The van der Waals surface area contributed by atoms with Gasteiger partial charge in [0.2, 0.25) is 0 Å². The van der Waals surface area contributed by atoms with Crippen molar-refractivity contribution in [3.63, 3.8) is 0 Å². The van der Waals surface area contributed by atoms with Gasteiger partial charge in [0, 0.05) is 11.8 Å². The van der Waals surface area contributed by atoms with Gasteiger partial charge in [-0.2, -0.15) is 0 Å². The molecule has 0 spiro atoms. The van der Waals surface area contributed by atoms with Crippen LogP contribution in [0.4, 0.5) is 11.4 Å². The highest BCUT2D eigenvalue weighted by molar-refractivity contribution is 6.32. The number of benzene rings is 2. The van der Waals surface area contributed by atoms with Crippen LogP contribution in [0.2, 0.25) is 5.02 Å². The third kappa shape index (κ3) is 5.68. The minimum absolute atomic E-state index is 0.0481. The number of hydrogen-bond donors (Lipinski definition) is 1. The standard InChI is InChI=1S/C18H17ClN2O6/c1-11-4-3-5-12(2)18(11)27-10-17(23)26-9-16(22)20-13-6-7-14(19)15(8-13)21(24)25/h3-8H,9-10H2,1-2H3,(H,20,22). The molecule has 1 amide bonds. The molecule has 2 rings (SSSR count). The Morgan fingerprint density at radius 3 is 2.44 bits per heavy atom. The molecule has 0 saturated heterocycles. The summed E-state index contributed by atoms with van der Waals surface area (Å²) in [7, 11) is 0. The number of anilines is 1. The molecule has 0 saturated carbocycles. The molecule has 27 heavy (non-hydrogen) atoms. The zero-order chi connectivity index (χ0) is 20.0. The fraction of sp³-hybridized carbons (Fsp3) is 0.222. The number of aryl methyl sites for hydroxylation is 2. The highest BCUT2D eigenvalue weighted by atomic mass is 35.5. The molecule has 8 nitrogen and oxygen atoms in total. The Morgan fingerprint density at radius 2 is 1.81 bits per heavy atom. The Morgan fingerprint density at radius 1 is 1.15 bits per heavy atom. The van der Waals surface area contributed by atoms with Crippen molar-refractivity contribution in [1.82, 2.24) is 0 Å². The highest BCUT2D eigenvalue weighted by Crippen LogP contribution is 2.27. The highest BCUT2D eigenvalue weighted by Gasteiger charge is 2.15. The minimum Gasteiger partial charge on any atom is -0.481 e. The van der Waals surface area contributed by atoms with Gasteiger partial charge in [0.05, 0.1) is 4.92 Å². The Hall–Kier alpha value is -3.13. The molecule has 0 atom stereocenters. The molecule has 2 aromatic rings. The number of carbonyl (C=O) groups is 2. The molecular formula is C18H17ClN2O6. The zero-order valence-corrected chi connectivity index (χ0v) is 15.4. The lowest BCUT2D eigenvalue weighted by Crippen LogP contribution is -2.23. The smallest absolute Gasteiger partial charge is 0.344 e. The lowest BCUT2D eigenvalue weighted by molar-refractivity contribution is -0.384. The number of nitro groups is 1. The molecule has 9 heteroatoms. The van der Waals surface area contributed by atoms with Crippen LogP contribution in [0.25, 0.3) is 0 Å². The summed E-state index contributed by atoms with van der Waals surface area (Å²) in [5.74, 6) is -0.769. The van der Waals surface area contributed by atoms with Crippen molar-refractivity contribution in [3.05, 3.63) is 62.7 Å². The maximum atomic E-state index is 11.8. The number of amides is 1. The number of nitrogens with zero attached hydrogens (tertiary/aromatic N) is 1. The van der Waals surface area contributed by atoms with Crippen molar-refractivity contribution in [2.75, 3.05) is 18.5 Å². The van der Waals surface area contributed by atoms with E-state index >= 15 is 0 Å². The minimum atomic E-state index is -0.713. The second kappa shape index (κ2) is 9.00. The summed E-state index contributed by atoms with van der Waals surface area (Å²) in [5, 5.41) is 13.2. The van der Waals surface area contributed by atoms with Gasteiger partial charge in [-0.1, -0.05) is 29.8 Å². The van der Waals surface area contributed by atoms with E-state index in [2.05, 4.69) is 5.32 Å². The van der Waals surface area contributed by atoms with Gasteiger partial charge in [-0.05, 0) is 37.1 Å². The summed E-state index contributed by atoms with van der Waals surface area (Å²) < 4.78 is 10.3. The maximum Gasteiger partial charge on any atom is 0.344 e. The van der Waals surface area contributed by atoms with Crippen molar-refractivity contribution in [2.24, 2.45) is 0 Å². The molecule has 0 fully saturated rings. The van der Waals surface area contributed by atoms with Crippen LogP contribution < -0.4 is 10.1 Å². The first-order chi connectivity index (χ1) is 12.8. The van der Waals surface area contributed by atoms with Gasteiger partial charge in [0.1, 0.15) is 10.8 Å². The van der Waals surface area contributed by atoms with Crippen LogP contribution in [-0.2, 0) is 14.3 Å². The van der Waals surface area contributed by atoms with E-state index in [9.17, 15) is 19.7 Å². The average Bonchev–Trinajstić information content (AvgIpc) is 2.61. The monoisotopic (exact) mass is 392 g/mol. The number of ether oxygens (including phenoxy) is 2. The van der Waals surface area contributed by atoms with Crippen molar-refractivity contribution < 1.29 is 24.0 Å². The number of rotatable bonds is 7. The van der Waals surface area contributed by atoms with Gasteiger partial charge in [0.15, 0.2) is 13.2 Å². The van der Waals surface area contributed by atoms with Crippen LogP contribution in [0, 0.1) is 24.0 Å². The number of para-hydroxylation sites is 1. The first-order valence-electron chi connectivity index (χ1n) is 7.86. The number of nitro benzene ring substituents is 1. The predicted molar refractivity (Wildman–Crippen MR) is 99.1 cm³/mol. The molecule has 0 unspecified atom stereocenters. The molecule has 0 heterocycles. The lowest BCUT2D eigenvalue weighted by Gasteiger charge is -2.11. The number of nitrogens with one attached hydrogen (secondary N) is 1. The van der Waals surface area contributed by atoms with Crippen LogP contribution >= 0.6 is 11.6 Å². The zero-order valence-electron chi connectivity index (χ0n) is 14.7.